The Labute approximate surface area is 156 Å². The van der Waals surface area contributed by atoms with Crippen LogP contribution in [-0.2, 0) is 6.54 Å². The first-order valence-corrected chi connectivity index (χ1v) is 8.95. The van der Waals surface area contributed by atoms with Crippen LogP contribution in [0.15, 0.2) is 53.7 Å². The number of fused-ring (bicyclic) bond motifs is 1. The highest BCUT2D eigenvalue weighted by Gasteiger charge is 2.22. The van der Waals surface area contributed by atoms with Crippen molar-refractivity contribution in [3.63, 3.8) is 0 Å². The van der Waals surface area contributed by atoms with Crippen molar-refractivity contribution in [2.45, 2.75) is 6.54 Å². The number of benzene rings is 1. The van der Waals surface area contributed by atoms with Crippen LogP contribution in [0.25, 0.3) is 11.0 Å². The van der Waals surface area contributed by atoms with Crippen LogP contribution in [0, 0.1) is 0 Å². The largest absolute Gasteiger partial charge is 0.336 e. The molecule has 0 spiro atoms. The van der Waals surface area contributed by atoms with Crippen molar-refractivity contribution >= 4 is 16.9 Å². The minimum Gasteiger partial charge on any atom is -0.336 e. The fraction of sp³-hybridized carbons (Fsp3) is 0.316. The molecule has 0 atom stereocenters. The van der Waals surface area contributed by atoms with Crippen LogP contribution in [0.4, 0.5) is 0 Å². The molecule has 0 N–H and O–H groups in total. The lowest BCUT2D eigenvalue weighted by atomic mass is 10.1. The van der Waals surface area contributed by atoms with E-state index < -0.39 is 0 Å². The molecular formula is C19H20N6O2. The third-order valence-corrected chi connectivity index (χ3v) is 4.79. The van der Waals surface area contributed by atoms with E-state index in [2.05, 4.69) is 20.0 Å². The predicted molar refractivity (Wildman–Crippen MR) is 100 cm³/mol. The zero-order valence-electron chi connectivity index (χ0n) is 14.9. The third-order valence-electron chi connectivity index (χ3n) is 4.79. The number of rotatable bonds is 4. The van der Waals surface area contributed by atoms with Gasteiger partial charge in [-0.25, -0.2) is 4.68 Å². The van der Waals surface area contributed by atoms with Gasteiger partial charge in [0.05, 0.1) is 17.6 Å². The topological polar surface area (TPSA) is 84.2 Å². The SMILES string of the molecule is O=C(c1ccc2nccnc2c1)N1CCN(CCn2ncccc2=O)CC1. The van der Waals surface area contributed by atoms with Crippen molar-refractivity contribution in [3.05, 3.63) is 64.8 Å². The monoisotopic (exact) mass is 364 g/mol. The van der Waals surface area contributed by atoms with E-state index in [0.29, 0.717) is 25.2 Å². The summed E-state index contributed by atoms with van der Waals surface area (Å²) in [5.74, 6) is 0.0168. The number of carbonyl (C=O) groups is 1. The summed E-state index contributed by atoms with van der Waals surface area (Å²) in [6, 6.07) is 8.58. The van der Waals surface area contributed by atoms with Crippen LogP contribution < -0.4 is 5.56 Å². The Morgan fingerprint density at radius 1 is 0.926 bits per heavy atom. The summed E-state index contributed by atoms with van der Waals surface area (Å²) < 4.78 is 1.47. The number of amides is 1. The van der Waals surface area contributed by atoms with Gasteiger partial charge in [0.2, 0.25) is 0 Å². The Morgan fingerprint density at radius 2 is 1.70 bits per heavy atom. The highest BCUT2D eigenvalue weighted by Crippen LogP contribution is 2.14. The molecule has 0 saturated carbocycles. The molecule has 2 aromatic heterocycles. The van der Waals surface area contributed by atoms with Gasteiger partial charge in [0.15, 0.2) is 0 Å². The molecule has 8 heteroatoms. The first-order chi connectivity index (χ1) is 13.2. The van der Waals surface area contributed by atoms with E-state index in [1.165, 1.54) is 10.7 Å². The number of hydrogen-bond donors (Lipinski definition) is 0. The van der Waals surface area contributed by atoms with E-state index in [-0.39, 0.29) is 11.5 Å². The average molecular weight is 364 g/mol. The minimum atomic E-state index is -0.0919. The van der Waals surface area contributed by atoms with Crippen molar-refractivity contribution in [2.75, 3.05) is 32.7 Å². The van der Waals surface area contributed by atoms with Gasteiger partial charge in [0.1, 0.15) is 0 Å². The molecule has 1 aliphatic rings. The maximum absolute atomic E-state index is 12.8. The average Bonchev–Trinajstić information content (AvgIpc) is 2.73. The normalized spacial score (nSPS) is 15.2. The molecule has 27 heavy (non-hydrogen) atoms. The van der Waals surface area contributed by atoms with Gasteiger partial charge in [0.25, 0.3) is 11.5 Å². The summed E-state index contributed by atoms with van der Waals surface area (Å²) in [7, 11) is 0. The Kier molecular flexibility index (Phi) is 4.88. The Morgan fingerprint density at radius 3 is 2.48 bits per heavy atom. The number of aromatic nitrogens is 4. The first kappa shape index (κ1) is 17.3. The summed E-state index contributed by atoms with van der Waals surface area (Å²) in [5, 5.41) is 4.07. The molecule has 3 aromatic rings. The van der Waals surface area contributed by atoms with E-state index in [0.717, 1.165) is 30.7 Å². The predicted octanol–water partition coefficient (Wildman–Crippen LogP) is 0.645. The summed E-state index contributed by atoms with van der Waals surface area (Å²) in [4.78, 5) is 37.1. The maximum Gasteiger partial charge on any atom is 0.266 e. The van der Waals surface area contributed by atoms with E-state index in [9.17, 15) is 9.59 Å². The van der Waals surface area contributed by atoms with Gasteiger partial charge in [0, 0.05) is 62.9 Å². The molecule has 1 amide bonds. The molecule has 0 aliphatic carbocycles. The Hall–Kier alpha value is -3.13. The van der Waals surface area contributed by atoms with Crippen LogP contribution in [0.1, 0.15) is 10.4 Å². The van der Waals surface area contributed by atoms with Gasteiger partial charge in [-0.15, -0.1) is 0 Å². The van der Waals surface area contributed by atoms with Crippen LogP contribution >= 0.6 is 0 Å². The van der Waals surface area contributed by atoms with Crippen molar-refractivity contribution in [1.29, 1.82) is 0 Å². The summed E-state index contributed by atoms with van der Waals surface area (Å²) >= 11 is 0. The highest BCUT2D eigenvalue weighted by molar-refractivity contribution is 5.97. The van der Waals surface area contributed by atoms with Gasteiger partial charge in [-0.05, 0) is 24.3 Å². The second-order valence-corrected chi connectivity index (χ2v) is 6.48. The summed E-state index contributed by atoms with van der Waals surface area (Å²) in [6.45, 7) is 4.17. The van der Waals surface area contributed by atoms with Crippen LogP contribution in [-0.4, -0.2) is 68.2 Å². The molecule has 1 aromatic carbocycles. The van der Waals surface area contributed by atoms with E-state index in [1.54, 1.807) is 36.8 Å². The van der Waals surface area contributed by atoms with Crippen molar-refractivity contribution in [2.24, 2.45) is 0 Å². The smallest absolute Gasteiger partial charge is 0.266 e. The zero-order chi connectivity index (χ0) is 18.6. The fourth-order valence-electron chi connectivity index (χ4n) is 3.24. The van der Waals surface area contributed by atoms with E-state index in [1.807, 2.05) is 11.0 Å². The lowest BCUT2D eigenvalue weighted by molar-refractivity contribution is 0.0631. The molecule has 0 unspecified atom stereocenters. The van der Waals surface area contributed by atoms with Crippen molar-refractivity contribution in [1.82, 2.24) is 29.5 Å². The first-order valence-electron chi connectivity index (χ1n) is 8.95. The van der Waals surface area contributed by atoms with Gasteiger partial charge in [-0.3, -0.25) is 24.5 Å². The van der Waals surface area contributed by atoms with Crippen LogP contribution in [0.3, 0.4) is 0 Å². The van der Waals surface area contributed by atoms with Crippen LogP contribution in [0.5, 0.6) is 0 Å². The summed E-state index contributed by atoms with van der Waals surface area (Å²) in [5.41, 5.74) is 2.05. The zero-order valence-corrected chi connectivity index (χ0v) is 14.9. The molecule has 0 radical (unpaired) electrons. The molecule has 1 saturated heterocycles. The van der Waals surface area contributed by atoms with Gasteiger partial charge < -0.3 is 4.90 Å². The second-order valence-electron chi connectivity index (χ2n) is 6.48. The third kappa shape index (κ3) is 3.85. The van der Waals surface area contributed by atoms with Gasteiger partial charge in [-0.1, -0.05) is 0 Å². The summed E-state index contributed by atoms with van der Waals surface area (Å²) in [6.07, 6.45) is 4.89. The number of hydrogen-bond acceptors (Lipinski definition) is 6. The number of nitrogens with zero attached hydrogens (tertiary/aromatic N) is 6. The van der Waals surface area contributed by atoms with Crippen molar-refractivity contribution < 1.29 is 4.79 Å². The molecule has 0 bridgehead atoms. The standard InChI is InChI=1S/C19H20N6O2/c26-18-2-1-5-22-25(18)13-10-23-8-11-24(12-9-23)19(27)15-3-4-16-17(14-15)21-7-6-20-16/h1-7,14H,8-13H2. The maximum atomic E-state index is 12.8. The molecule has 1 fully saturated rings. The Balaban J connectivity index is 1.34. The molecule has 1 aliphatic heterocycles. The lowest BCUT2D eigenvalue weighted by Crippen LogP contribution is -2.49. The molecule has 4 rings (SSSR count). The minimum absolute atomic E-state index is 0.0168. The van der Waals surface area contributed by atoms with E-state index >= 15 is 0 Å². The van der Waals surface area contributed by atoms with Gasteiger partial charge in [-0.2, -0.15) is 5.10 Å². The lowest BCUT2D eigenvalue weighted by Gasteiger charge is -2.34. The molecule has 8 nitrogen and oxygen atoms in total. The molecule has 3 heterocycles. The van der Waals surface area contributed by atoms with Crippen molar-refractivity contribution in [3.8, 4) is 0 Å². The number of piperazine rings is 1. The quantitative estimate of drug-likeness (QED) is 0.676. The fourth-order valence-corrected chi connectivity index (χ4v) is 3.24. The van der Waals surface area contributed by atoms with E-state index in [4.69, 9.17) is 0 Å². The van der Waals surface area contributed by atoms with Gasteiger partial charge >= 0.3 is 0 Å². The number of carbonyl (C=O) groups excluding carboxylic acids is 1. The molecular weight excluding hydrogens is 344 g/mol. The Bertz CT molecular complexity index is 1010. The second kappa shape index (κ2) is 7.63. The van der Waals surface area contributed by atoms with Crippen LogP contribution in [0.2, 0.25) is 0 Å². The highest BCUT2D eigenvalue weighted by atomic mass is 16.2. The molecule has 138 valence electrons.